The maximum Gasteiger partial charge on any atom is 0.407 e. The quantitative estimate of drug-likeness (QED) is 0.510. The molecule has 6 nitrogen and oxygen atoms in total. The van der Waals surface area contributed by atoms with Crippen LogP contribution in [0.15, 0.2) is 0 Å². The van der Waals surface area contributed by atoms with Crippen molar-refractivity contribution in [3.05, 3.63) is 0 Å². The minimum Gasteiger partial charge on any atom is -0.444 e. The van der Waals surface area contributed by atoms with Gasteiger partial charge in [-0.1, -0.05) is 6.42 Å². The number of carbonyl (C=O) groups is 2. The Balaban J connectivity index is 3.36. The van der Waals surface area contributed by atoms with Crippen molar-refractivity contribution >= 4 is 12.0 Å². The van der Waals surface area contributed by atoms with Crippen molar-refractivity contribution in [1.29, 1.82) is 0 Å². The van der Waals surface area contributed by atoms with Crippen LogP contribution in [-0.2, 0) is 9.53 Å². The maximum absolute atomic E-state index is 11.5. The van der Waals surface area contributed by atoms with Gasteiger partial charge in [-0.2, -0.15) is 0 Å². The van der Waals surface area contributed by atoms with Gasteiger partial charge in [0.25, 0.3) is 0 Å². The van der Waals surface area contributed by atoms with Gasteiger partial charge < -0.3 is 21.1 Å². The lowest BCUT2D eigenvalue weighted by Gasteiger charge is -2.19. The predicted molar refractivity (Wildman–Crippen MR) is 88.6 cm³/mol. The third-order valence-electron chi connectivity index (χ3n) is 2.95. The fourth-order valence-electron chi connectivity index (χ4n) is 1.85. The summed E-state index contributed by atoms with van der Waals surface area (Å²) in [7, 11) is 0. The van der Waals surface area contributed by atoms with Gasteiger partial charge in [0.2, 0.25) is 5.91 Å². The van der Waals surface area contributed by atoms with Gasteiger partial charge in [0.05, 0.1) is 0 Å². The second-order valence-electron chi connectivity index (χ2n) is 6.44. The Bertz CT molecular complexity index is 314. The number of hydrogen-bond acceptors (Lipinski definition) is 4. The van der Waals surface area contributed by atoms with Crippen LogP contribution in [0.3, 0.4) is 0 Å². The Morgan fingerprint density at radius 3 is 2.09 bits per heavy atom. The normalized spacial score (nSPS) is 11.1. The molecule has 0 bridgehead atoms. The summed E-state index contributed by atoms with van der Waals surface area (Å²) in [5, 5.41) is 5.63. The Morgan fingerprint density at radius 1 is 0.909 bits per heavy atom. The highest BCUT2D eigenvalue weighted by Gasteiger charge is 2.15. The van der Waals surface area contributed by atoms with Crippen LogP contribution in [0.25, 0.3) is 0 Å². The van der Waals surface area contributed by atoms with Gasteiger partial charge in [-0.05, 0) is 59.4 Å². The van der Waals surface area contributed by atoms with E-state index in [0.717, 1.165) is 38.5 Å². The molecule has 0 atom stereocenters. The van der Waals surface area contributed by atoms with Crippen LogP contribution in [0.1, 0.15) is 65.7 Å². The first kappa shape index (κ1) is 20.7. The molecule has 0 heterocycles. The molecule has 6 heteroatoms. The molecule has 4 N–H and O–H groups in total. The van der Waals surface area contributed by atoms with E-state index in [9.17, 15) is 9.59 Å². The van der Waals surface area contributed by atoms with E-state index in [1.807, 2.05) is 20.8 Å². The van der Waals surface area contributed by atoms with Crippen molar-refractivity contribution in [2.45, 2.75) is 71.3 Å². The summed E-state index contributed by atoms with van der Waals surface area (Å²) in [6.45, 7) is 7.50. The zero-order chi connectivity index (χ0) is 16.8. The maximum atomic E-state index is 11.5. The standard InChI is InChI=1S/C16H33N3O3/c1-16(2,3)22-15(21)19-13-9-5-8-12-18-14(20)10-6-4-7-11-17/h4-13,17H2,1-3H3,(H,18,20)(H,19,21). The lowest BCUT2D eigenvalue weighted by Crippen LogP contribution is -2.33. The minimum absolute atomic E-state index is 0.115. The zero-order valence-corrected chi connectivity index (χ0v) is 14.4. The number of alkyl carbamates (subject to hydrolysis) is 1. The number of rotatable bonds is 11. The SMILES string of the molecule is CC(C)(C)OC(=O)NCCCCCNC(=O)CCCCCN. The van der Waals surface area contributed by atoms with E-state index < -0.39 is 5.60 Å². The highest BCUT2D eigenvalue weighted by molar-refractivity contribution is 5.75. The molecule has 0 fully saturated rings. The van der Waals surface area contributed by atoms with E-state index in [0.29, 0.717) is 26.1 Å². The summed E-state index contributed by atoms with van der Waals surface area (Å²) in [6.07, 6.45) is 5.87. The largest absolute Gasteiger partial charge is 0.444 e. The highest BCUT2D eigenvalue weighted by atomic mass is 16.6. The van der Waals surface area contributed by atoms with Gasteiger partial charge >= 0.3 is 6.09 Å². The van der Waals surface area contributed by atoms with Gasteiger partial charge in [0.1, 0.15) is 5.60 Å². The third-order valence-corrected chi connectivity index (χ3v) is 2.95. The monoisotopic (exact) mass is 315 g/mol. The lowest BCUT2D eigenvalue weighted by atomic mass is 10.2. The summed E-state index contributed by atoms with van der Waals surface area (Å²) < 4.78 is 5.14. The number of nitrogens with two attached hydrogens (primary N) is 1. The first-order chi connectivity index (χ1) is 10.3. The molecule has 22 heavy (non-hydrogen) atoms. The summed E-state index contributed by atoms with van der Waals surface area (Å²) >= 11 is 0. The number of carbonyl (C=O) groups excluding carboxylic acids is 2. The summed E-state index contributed by atoms with van der Waals surface area (Å²) in [4.78, 5) is 22.9. The average molecular weight is 315 g/mol. The third kappa shape index (κ3) is 15.1. The van der Waals surface area contributed by atoms with Crippen LogP contribution < -0.4 is 16.4 Å². The second-order valence-corrected chi connectivity index (χ2v) is 6.44. The van der Waals surface area contributed by atoms with Crippen LogP contribution in [-0.4, -0.2) is 37.2 Å². The molecule has 0 radical (unpaired) electrons. The molecule has 0 aromatic heterocycles. The smallest absolute Gasteiger partial charge is 0.407 e. The van der Waals surface area contributed by atoms with Gasteiger partial charge in [0, 0.05) is 19.5 Å². The summed E-state index contributed by atoms with van der Waals surface area (Å²) in [5.41, 5.74) is 4.94. The number of amides is 2. The van der Waals surface area contributed by atoms with E-state index in [1.165, 1.54) is 0 Å². The molecule has 0 unspecified atom stereocenters. The highest BCUT2D eigenvalue weighted by Crippen LogP contribution is 2.06. The van der Waals surface area contributed by atoms with Crippen molar-refractivity contribution in [1.82, 2.24) is 10.6 Å². The van der Waals surface area contributed by atoms with Crippen molar-refractivity contribution in [2.24, 2.45) is 5.73 Å². The Kier molecular flexibility index (Phi) is 11.5. The second kappa shape index (κ2) is 12.3. The van der Waals surface area contributed by atoms with Gasteiger partial charge in [-0.3, -0.25) is 4.79 Å². The molecule has 130 valence electrons. The van der Waals surface area contributed by atoms with Gasteiger partial charge in [-0.25, -0.2) is 4.79 Å². The van der Waals surface area contributed by atoms with E-state index in [2.05, 4.69) is 10.6 Å². The number of nitrogens with one attached hydrogen (secondary N) is 2. The Hall–Kier alpha value is -1.30. The van der Waals surface area contributed by atoms with E-state index >= 15 is 0 Å². The minimum atomic E-state index is -0.460. The average Bonchev–Trinajstić information content (AvgIpc) is 2.40. The van der Waals surface area contributed by atoms with Gasteiger partial charge in [-0.15, -0.1) is 0 Å². The molecule has 0 aliphatic carbocycles. The van der Waals surface area contributed by atoms with Crippen molar-refractivity contribution < 1.29 is 14.3 Å². The molecule has 0 aromatic carbocycles. The van der Waals surface area contributed by atoms with Crippen LogP contribution in [0, 0.1) is 0 Å². The predicted octanol–water partition coefficient (Wildman–Crippen LogP) is 2.32. The molecule has 0 saturated heterocycles. The van der Waals surface area contributed by atoms with E-state index in [-0.39, 0.29) is 12.0 Å². The molecule has 0 aromatic rings. The summed E-state index contributed by atoms with van der Waals surface area (Å²) in [5.74, 6) is 0.115. The molecule has 0 aliphatic heterocycles. The first-order valence-electron chi connectivity index (χ1n) is 8.29. The van der Waals surface area contributed by atoms with Crippen LogP contribution in [0.2, 0.25) is 0 Å². The molecule has 0 spiro atoms. The molecular weight excluding hydrogens is 282 g/mol. The summed E-state index contributed by atoms with van der Waals surface area (Å²) in [6, 6.07) is 0. The fourth-order valence-corrected chi connectivity index (χ4v) is 1.85. The molecule has 0 saturated carbocycles. The Labute approximate surface area is 134 Å². The number of unbranched alkanes of at least 4 members (excludes halogenated alkanes) is 4. The number of ether oxygens (including phenoxy) is 1. The molecule has 2 amide bonds. The topological polar surface area (TPSA) is 93.5 Å². The van der Waals surface area contributed by atoms with Crippen LogP contribution in [0.5, 0.6) is 0 Å². The van der Waals surface area contributed by atoms with Crippen molar-refractivity contribution in [3.8, 4) is 0 Å². The first-order valence-corrected chi connectivity index (χ1v) is 8.29. The van der Waals surface area contributed by atoms with Crippen molar-refractivity contribution in [2.75, 3.05) is 19.6 Å². The zero-order valence-electron chi connectivity index (χ0n) is 14.4. The molecule has 0 rings (SSSR count). The molecule has 0 aliphatic rings. The Morgan fingerprint density at radius 2 is 1.50 bits per heavy atom. The van der Waals surface area contributed by atoms with Crippen molar-refractivity contribution in [3.63, 3.8) is 0 Å². The fraction of sp³-hybridized carbons (Fsp3) is 0.875. The van der Waals surface area contributed by atoms with E-state index in [1.54, 1.807) is 0 Å². The van der Waals surface area contributed by atoms with Crippen LogP contribution in [0.4, 0.5) is 4.79 Å². The van der Waals surface area contributed by atoms with Gasteiger partial charge in [0.15, 0.2) is 0 Å². The molecular formula is C16H33N3O3. The van der Waals surface area contributed by atoms with Crippen LogP contribution >= 0.6 is 0 Å². The lowest BCUT2D eigenvalue weighted by molar-refractivity contribution is -0.121. The number of hydrogen-bond donors (Lipinski definition) is 3. The van der Waals surface area contributed by atoms with E-state index in [4.69, 9.17) is 10.5 Å².